The molecule has 0 rings (SSSR count). The fraction of sp³-hybridized carbons (Fsp3) is 0.909. The van der Waals surface area contributed by atoms with Gasteiger partial charge in [-0.15, -0.1) is 0 Å². The molecule has 0 bridgehead atoms. The maximum Gasteiger partial charge on any atom is 0.303 e. The smallest absolute Gasteiger partial charge is 0.303 e. The molecule has 0 unspecified atom stereocenters. The Morgan fingerprint density at radius 2 is 1.41 bits per heavy atom. The normalized spacial score (nSPS) is 11.0. The number of aliphatic carboxylic acids is 1. The molecule has 0 aliphatic rings. The molecule has 102 valence electrons. The van der Waals surface area contributed by atoms with E-state index in [1.54, 1.807) is 1.49 Å². The van der Waals surface area contributed by atoms with E-state index in [0.29, 0.717) is 6.42 Å². The molecule has 0 aliphatic heterocycles. The minimum absolute atomic E-state index is 0.320. The Hall–Kier alpha value is 0.850. The zero-order valence-electron chi connectivity index (χ0n) is 10.0. The van der Waals surface area contributed by atoms with Gasteiger partial charge >= 0.3 is 5.97 Å². The summed E-state index contributed by atoms with van der Waals surface area (Å²) < 4.78 is 1.68. The van der Waals surface area contributed by atoms with Crippen molar-refractivity contribution in [2.24, 2.45) is 0 Å². The van der Waals surface area contributed by atoms with Gasteiger partial charge in [0.15, 0.2) is 0 Å². The molecule has 1 N–H and O–H groups in total. The minimum atomic E-state index is -0.676. The highest BCUT2D eigenvalue weighted by Crippen LogP contribution is 2.11. The fourth-order valence-electron chi connectivity index (χ4n) is 1.57. The lowest BCUT2D eigenvalue weighted by atomic mass is 10.1. The third-order valence-corrected chi connectivity index (χ3v) is 3.03. The van der Waals surface area contributed by atoms with Gasteiger partial charge in [0.05, 0.1) is 52.3 Å². The number of carboxylic acids is 1. The van der Waals surface area contributed by atoms with Crippen LogP contribution in [0.5, 0.6) is 0 Å². The molecule has 0 spiro atoms. The van der Waals surface area contributed by atoms with Gasteiger partial charge in [-0.1, -0.05) is 40.0 Å². The summed E-state index contributed by atoms with van der Waals surface area (Å²) in [5, 5.41) is 8.46. The highest BCUT2D eigenvalue weighted by atomic mass is 127. The summed E-state index contributed by atoms with van der Waals surface area (Å²) in [6.45, 7) is 0.796. The van der Waals surface area contributed by atoms with E-state index in [0.717, 1.165) is 25.9 Å². The summed E-state index contributed by atoms with van der Waals surface area (Å²) in [7, 11) is 0. The van der Waals surface area contributed by atoms with Crippen molar-refractivity contribution in [3.63, 3.8) is 0 Å². The Morgan fingerprint density at radius 1 is 0.941 bits per heavy atom. The van der Waals surface area contributed by atoms with Crippen LogP contribution in [0.15, 0.2) is 0 Å². The van der Waals surface area contributed by atoms with Gasteiger partial charge in [-0.05, 0) is 12.8 Å². The molecular formula is C11H21I2NO3. The van der Waals surface area contributed by atoms with Crippen LogP contribution in [-0.4, -0.2) is 19.2 Å². The lowest BCUT2D eigenvalue weighted by Gasteiger charge is -2.05. The first kappa shape index (κ1) is 17.8. The number of hydrogen-bond donors (Lipinski definition) is 1. The molecule has 0 heterocycles. The Bertz CT molecular complexity index is 192. The van der Waals surface area contributed by atoms with Crippen LogP contribution in [0.3, 0.4) is 0 Å². The van der Waals surface area contributed by atoms with E-state index in [-0.39, 0.29) is 0 Å². The van der Waals surface area contributed by atoms with Gasteiger partial charge in [-0.3, -0.25) is 9.63 Å². The van der Waals surface area contributed by atoms with Crippen LogP contribution >= 0.6 is 45.7 Å². The number of carboxylic acid groups (broad SMARTS) is 1. The molecule has 0 amide bonds. The van der Waals surface area contributed by atoms with Gasteiger partial charge in [0.25, 0.3) is 0 Å². The number of halogens is 2. The SMILES string of the molecule is O=C(O)CCCCCCCCCCON(I)I. The quantitative estimate of drug-likeness (QED) is 0.198. The first-order chi connectivity index (χ1) is 8.13. The van der Waals surface area contributed by atoms with E-state index in [1.807, 2.05) is 0 Å². The van der Waals surface area contributed by atoms with Gasteiger partial charge in [0, 0.05) is 6.42 Å². The van der Waals surface area contributed by atoms with Crippen LogP contribution in [0.4, 0.5) is 0 Å². The molecule has 0 aromatic rings. The lowest BCUT2D eigenvalue weighted by Crippen LogP contribution is -1.99. The van der Waals surface area contributed by atoms with Crippen LogP contribution in [0, 0.1) is 0 Å². The average Bonchev–Trinajstić information content (AvgIpc) is 2.25. The highest BCUT2D eigenvalue weighted by Gasteiger charge is 1.97. The number of nitrogens with zero attached hydrogens (tertiary/aromatic N) is 1. The molecule has 4 nitrogen and oxygen atoms in total. The third kappa shape index (κ3) is 16.9. The fourth-order valence-corrected chi connectivity index (χ4v) is 1.97. The van der Waals surface area contributed by atoms with Gasteiger partial charge in [0.1, 0.15) is 0 Å². The molecule has 0 saturated heterocycles. The Kier molecular flexibility index (Phi) is 13.9. The van der Waals surface area contributed by atoms with E-state index >= 15 is 0 Å². The lowest BCUT2D eigenvalue weighted by molar-refractivity contribution is -0.137. The summed E-state index contributed by atoms with van der Waals surface area (Å²) in [6.07, 6.45) is 9.43. The van der Waals surface area contributed by atoms with E-state index < -0.39 is 5.97 Å². The summed E-state index contributed by atoms with van der Waals surface area (Å²) in [5.41, 5.74) is 0. The van der Waals surface area contributed by atoms with E-state index in [4.69, 9.17) is 9.94 Å². The van der Waals surface area contributed by atoms with Crippen LogP contribution in [0.1, 0.15) is 57.8 Å². The zero-order valence-corrected chi connectivity index (χ0v) is 14.4. The molecule has 0 aliphatic carbocycles. The summed E-state index contributed by atoms with van der Waals surface area (Å²) >= 11 is 4.18. The van der Waals surface area contributed by atoms with Gasteiger partial charge < -0.3 is 5.11 Å². The molecule has 0 aromatic heterocycles. The van der Waals surface area contributed by atoms with Gasteiger partial charge in [-0.2, -0.15) is 0 Å². The molecule has 0 radical (unpaired) electrons. The molecule has 17 heavy (non-hydrogen) atoms. The monoisotopic (exact) mass is 469 g/mol. The van der Waals surface area contributed by atoms with E-state index in [2.05, 4.69) is 45.7 Å². The standard InChI is InChI=1S/C11H21I2NO3/c12-14(13)17-10-8-6-4-2-1-3-5-7-9-11(15)16/h1-10H2,(H,15,16). The Morgan fingerprint density at radius 3 is 1.88 bits per heavy atom. The third-order valence-electron chi connectivity index (χ3n) is 2.47. The summed E-state index contributed by atoms with van der Waals surface area (Å²) in [5.74, 6) is -0.676. The van der Waals surface area contributed by atoms with Crippen molar-refractivity contribution < 1.29 is 14.7 Å². The predicted molar refractivity (Wildman–Crippen MR) is 85.0 cm³/mol. The van der Waals surface area contributed by atoms with Crippen molar-refractivity contribution in [2.75, 3.05) is 6.61 Å². The van der Waals surface area contributed by atoms with E-state index in [9.17, 15) is 4.79 Å². The topological polar surface area (TPSA) is 49.8 Å². The number of hydrogen-bond acceptors (Lipinski definition) is 3. The van der Waals surface area contributed by atoms with E-state index in [1.165, 1.54) is 32.1 Å². The minimum Gasteiger partial charge on any atom is -0.481 e. The average molecular weight is 469 g/mol. The van der Waals surface area contributed by atoms with Crippen molar-refractivity contribution in [2.45, 2.75) is 57.8 Å². The molecule has 0 fully saturated rings. The van der Waals surface area contributed by atoms with Crippen LogP contribution in [0.25, 0.3) is 0 Å². The second kappa shape index (κ2) is 13.3. The second-order valence-electron chi connectivity index (χ2n) is 4.01. The number of unbranched alkanes of at least 4 members (excludes halogenated alkanes) is 7. The first-order valence-corrected chi connectivity index (χ1v) is 8.02. The number of carbonyl (C=O) groups is 1. The Labute approximate surface area is 131 Å². The Balaban J connectivity index is 2.96. The summed E-state index contributed by atoms with van der Waals surface area (Å²) in [6, 6.07) is 0. The maximum absolute atomic E-state index is 10.3. The van der Waals surface area contributed by atoms with Crippen LogP contribution in [-0.2, 0) is 9.63 Å². The van der Waals surface area contributed by atoms with Crippen molar-refractivity contribution in [1.82, 2.24) is 1.49 Å². The van der Waals surface area contributed by atoms with Crippen LogP contribution in [0.2, 0.25) is 0 Å². The van der Waals surface area contributed by atoms with Crippen molar-refractivity contribution in [3.8, 4) is 0 Å². The molecule has 0 atom stereocenters. The van der Waals surface area contributed by atoms with Crippen molar-refractivity contribution in [1.29, 1.82) is 0 Å². The van der Waals surface area contributed by atoms with Gasteiger partial charge in [0.2, 0.25) is 0 Å². The summed E-state index contributed by atoms with van der Waals surface area (Å²) in [4.78, 5) is 15.5. The molecular weight excluding hydrogens is 448 g/mol. The molecule has 0 saturated carbocycles. The van der Waals surface area contributed by atoms with Crippen molar-refractivity contribution >= 4 is 51.7 Å². The van der Waals surface area contributed by atoms with Gasteiger partial charge in [-0.25, -0.2) is 0 Å². The highest BCUT2D eigenvalue weighted by molar-refractivity contribution is 14.2. The second-order valence-corrected chi connectivity index (χ2v) is 7.61. The predicted octanol–water partition coefficient (Wildman–Crippen LogP) is 4.52. The first-order valence-electron chi connectivity index (χ1n) is 6.09. The zero-order chi connectivity index (χ0) is 12.9. The molecule has 6 heteroatoms. The van der Waals surface area contributed by atoms with Crippen molar-refractivity contribution in [3.05, 3.63) is 0 Å². The van der Waals surface area contributed by atoms with Crippen LogP contribution < -0.4 is 0 Å². The largest absolute Gasteiger partial charge is 0.481 e. The number of rotatable bonds is 12. The molecule has 0 aromatic carbocycles. The maximum atomic E-state index is 10.3.